The second kappa shape index (κ2) is 4.75. The van der Waals surface area contributed by atoms with Crippen LogP contribution in [-0.2, 0) is 0 Å². The lowest BCUT2D eigenvalue weighted by molar-refractivity contribution is 0.565. The second-order valence-corrected chi connectivity index (χ2v) is 4.81. The number of nitrogens with two attached hydrogens (primary N) is 1. The van der Waals surface area contributed by atoms with Crippen LogP contribution in [0.25, 0.3) is 0 Å². The lowest BCUT2D eigenvalue weighted by Gasteiger charge is -2.06. The van der Waals surface area contributed by atoms with Crippen molar-refractivity contribution in [3.05, 3.63) is 53.6 Å². The van der Waals surface area contributed by atoms with Crippen molar-refractivity contribution in [1.82, 2.24) is 0 Å². The van der Waals surface area contributed by atoms with E-state index in [1.807, 2.05) is 19.1 Å². The fraction of sp³-hybridized carbons (Fsp3) is 0.0769. The molecule has 0 spiro atoms. The van der Waals surface area contributed by atoms with E-state index in [1.54, 1.807) is 6.07 Å². The number of rotatable bonds is 2. The van der Waals surface area contributed by atoms with Crippen LogP contribution in [0, 0.1) is 18.6 Å². The van der Waals surface area contributed by atoms with Crippen LogP contribution in [0.2, 0.25) is 0 Å². The number of aryl methyl sites for hydroxylation is 1. The lowest BCUT2D eigenvalue weighted by atomic mass is 10.2. The summed E-state index contributed by atoms with van der Waals surface area (Å²) in [7, 11) is 0. The zero-order chi connectivity index (χ0) is 12.4. The summed E-state index contributed by atoms with van der Waals surface area (Å²) in [4.78, 5) is 1.22. The van der Waals surface area contributed by atoms with E-state index in [1.165, 1.54) is 23.9 Å². The average Bonchev–Trinajstić information content (AvgIpc) is 2.27. The summed E-state index contributed by atoms with van der Waals surface area (Å²) in [5.74, 6) is -1.13. The molecule has 2 aromatic rings. The SMILES string of the molecule is Cc1ccc(Sc2ccc(F)cc2F)cc1N. The normalized spacial score (nSPS) is 10.5. The highest BCUT2D eigenvalue weighted by Gasteiger charge is 2.06. The van der Waals surface area contributed by atoms with E-state index in [0.29, 0.717) is 10.6 Å². The van der Waals surface area contributed by atoms with Gasteiger partial charge in [-0.25, -0.2) is 8.78 Å². The molecule has 0 radical (unpaired) electrons. The Hall–Kier alpha value is -1.55. The largest absolute Gasteiger partial charge is 0.398 e. The molecule has 0 saturated heterocycles. The third kappa shape index (κ3) is 2.77. The molecule has 1 nitrogen and oxygen atoms in total. The molecule has 4 heteroatoms. The highest BCUT2D eigenvalue weighted by molar-refractivity contribution is 7.99. The number of benzene rings is 2. The van der Waals surface area contributed by atoms with Crippen LogP contribution in [0.1, 0.15) is 5.56 Å². The van der Waals surface area contributed by atoms with Gasteiger partial charge in [-0.05, 0) is 36.8 Å². The Labute approximate surface area is 103 Å². The van der Waals surface area contributed by atoms with Gasteiger partial charge in [0.05, 0.1) is 0 Å². The van der Waals surface area contributed by atoms with Gasteiger partial charge in [-0.3, -0.25) is 0 Å². The van der Waals surface area contributed by atoms with Crippen molar-refractivity contribution in [3.8, 4) is 0 Å². The van der Waals surface area contributed by atoms with Gasteiger partial charge in [0.15, 0.2) is 0 Å². The summed E-state index contributed by atoms with van der Waals surface area (Å²) in [6, 6.07) is 9.05. The predicted molar refractivity (Wildman–Crippen MR) is 66.1 cm³/mol. The van der Waals surface area contributed by atoms with Gasteiger partial charge in [-0.1, -0.05) is 17.8 Å². The van der Waals surface area contributed by atoms with Crippen molar-refractivity contribution < 1.29 is 8.78 Å². The monoisotopic (exact) mass is 251 g/mol. The van der Waals surface area contributed by atoms with Gasteiger partial charge in [0.1, 0.15) is 11.6 Å². The van der Waals surface area contributed by atoms with Gasteiger partial charge in [0, 0.05) is 21.5 Å². The number of nitrogen functional groups attached to an aromatic ring is 1. The summed E-state index contributed by atoms with van der Waals surface area (Å²) in [6.45, 7) is 1.91. The molecule has 2 rings (SSSR count). The molecule has 0 unspecified atom stereocenters. The molecule has 0 amide bonds. The van der Waals surface area contributed by atoms with E-state index >= 15 is 0 Å². The van der Waals surface area contributed by atoms with E-state index in [4.69, 9.17) is 5.73 Å². The first-order valence-corrected chi connectivity index (χ1v) is 5.87. The maximum Gasteiger partial charge on any atom is 0.140 e. The van der Waals surface area contributed by atoms with Gasteiger partial charge >= 0.3 is 0 Å². The van der Waals surface area contributed by atoms with Crippen molar-refractivity contribution >= 4 is 17.4 Å². The molecule has 0 aliphatic rings. The Balaban J connectivity index is 2.28. The third-order valence-corrected chi connectivity index (χ3v) is 3.41. The molecular formula is C13H11F2NS. The van der Waals surface area contributed by atoms with Crippen LogP contribution < -0.4 is 5.73 Å². The van der Waals surface area contributed by atoms with Crippen LogP contribution in [-0.4, -0.2) is 0 Å². The van der Waals surface area contributed by atoms with Gasteiger partial charge in [0.25, 0.3) is 0 Å². The maximum atomic E-state index is 13.4. The number of anilines is 1. The highest BCUT2D eigenvalue weighted by Crippen LogP contribution is 2.31. The Morgan fingerprint density at radius 1 is 1.06 bits per heavy atom. The van der Waals surface area contributed by atoms with Gasteiger partial charge in [-0.15, -0.1) is 0 Å². The van der Waals surface area contributed by atoms with E-state index in [-0.39, 0.29) is 0 Å². The molecule has 0 heterocycles. The van der Waals surface area contributed by atoms with Gasteiger partial charge in [-0.2, -0.15) is 0 Å². The zero-order valence-corrected chi connectivity index (χ0v) is 10.0. The van der Waals surface area contributed by atoms with E-state index in [0.717, 1.165) is 16.5 Å². The van der Waals surface area contributed by atoms with Crippen molar-refractivity contribution in [1.29, 1.82) is 0 Å². The minimum atomic E-state index is -0.574. The topological polar surface area (TPSA) is 26.0 Å². The molecule has 0 aromatic heterocycles. The fourth-order valence-electron chi connectivity index (χ4n) is 1.37. The van der Waals surface area contributed by atoms with Crippen LogP contribution in [0.15, 0.2) is 46.2 Å². The summed E-state index contributed by atoms with van der Waals surface area (Å²) < 4.78 is 26.2. The first-order valence-electron chi connectivity index (χ1n) is 5.05. The van der Waals surface area contributed by atoms with Crippen molar-refractivity contribution in [2.45, 2.75) is 16.7 Å². The molecule has 0 saturated carbocycles. The van der Waals surface area contributed by atoms with Crippen molar-refractivity contribution in [2.24, 2.45) is 0 Å². The van der Waals surface area contributed by atoms with Crippen LogP contribution in [0.4, 0.5) is 14.5 Å². The maximum absolute atomic E-state index is 13.4. The van der Waals surface area contributed by atoms with Crippen LogP contribution >= 0.6 is 11.8 Å². The quantitative estimate of drug-likeness (QED) is 0.816. The van der Waals surface area contributed by atoms with E-state index in [9.17, 15) is 8.78 Å². The minimum Gasteiger partial charge on any atom is -0.398 e. The number of hydrogen-bond donors (Lipinski definition) is 1. The fourth-order valence-corrected chi connectivity index (χ4v) is 2.24. The third-order valence-electron chi connectivity index (χ3n) is 2.37. The average molecular weight is 251 g/mol. The predicted octanol–water partition coefficient (Wildman–Crippen LogP) is 4.01. The van der Waals surface area contributed by atoms with Crippen LogP contribution in [0.5, 0.6) is 0 Å². The van der Waals surface area contributed by atoms with Gasteiger partial charge in [0.2, 0.25) is 0 Å². The molecule has 0 fully saturated rings. The molecule has 0 aliphatic heterocycles. The summed E-state index contributed by atoms with van der Waals surface area (Å²) >= 11 is 1.22. The van der Waals surface area contributed by atoms with E-state index in [2.05, 4.69) is 0 Å². The zero-order valence-electron chi connectivity index (χ0n) is 9.21. The van der Waals surface area contributed by atoms with E-state index < -0.39 is 11.6 Å². The van der Waals surface area contributed by atoms with Crippen molar-refractivity contribution in [2.75, 3.05) is 5.73 Å². The van der Waals surface area contributed by atoms with Crippen LogP contribution in [0.3, 0.4) is 0 Å². The number of halogens is 2. The second-order valence-electron chi connectivity index (χ2n) is 3.70. The highest BCUT2D eigenvalue weighted by atomic mass is 32.2. The molecule has 88 valence electrons. The minimum absolute atomic E-state index is 0.384. The molecule has 0 bridgehead atoms. The molecule has 2 aromatic carbocycles. The first-order chi connectivity index (χ1) is 8.06. The smallest absolute Gasteiger partial charge is 0.140 e. The molecule has 17 heavy (non-hydrogen) atoms. The summed E-state index contributed by atoms with van der Waals surface area (Å²) in [5, 5.41) is 0. The first kappa shape index (κ1) is 11.9. The Morgan fingerprint density at radius 2 is 1.82 bits per heavy atom. The Bertz CT molecular complexity index is 555. The molecule has 0 atom stereocenters. The van der Waals surface area contributed by atoms with Gasteiger partial charge < -0.3 is 5.73 Å². The summed E-state index contributed by atoms with van der Waals surface area (Å²) in [6.07, 6.45) is 0. The molecular weight excluding hydrogens is 240 g/mol. The molecule has 0 aliphatic carbocycles. The standard InChI is InChI=1S/C13H11F2NS/c1-8-2-4-10(7-12(8)16)17-13-5-3-9(14)6-11(13)15/h2-7H,16H2,1H3. The lowest BCUT2D eigenvalue weighted by Crippen LogP contribution is -1.89. The number of hydrogen-bond acceptors (Lipinski definition) is 2. The Morgan fingerprint density at radius 3 is 2.47 bits per heavy atom. The molecule has 2 N–H and O–H groups in total. The Kier molecular flexibility index (Phi) is 3.33. The summed E-state index contributed by atoms with van der Waals surface area (Å²) in [5.41, 5.74) is 7.41. The van der Waals surface area contributed by atoms with Crippen molar-refractivity contribution in [3.63, 3.8) is 0 Å².